The number of aldehydes is 1. The Kier molecular flexibility index (Phi) is 4.82. The third-order valence-electron chi connectivity index (χ3n) is 5.21. The van der Waals surface area contributed by atoms with Crippen molar-refractivity contribution in [2.45, 2.75) is 13.5 Å². The number of nitrogens with zero attached hydrogens (tertiary/aromatic N) is 4. The number of carbonyl (C=O) groups excluding carboxylic acids is 1. The average molecular weight is 348 g/mol. The van der Waals surface area contributed by atoms with Gasteiger partial charge in [0.1, 0.15) is 12.6 Å². The second kappa shape index (κ2) is 7.40. The van der Waals surface area contributed by atoms with Crippen LogP contribution in [0.5, 0.6) is 0 Å². The summed E-state index contributed by atoms with van der Waals surface area (Å²) in [5.41, 5.74) is 4.92. The topological polar surface area (TPSA) is 41.4 Å². The highest BCUT2D eigenvalue weighted by Gasteiger charge is 2.15. The van der Waals surface area contributed by atoms with Crippen LogP contribution >= 0.6 is 0 Å². The van der Waals surface area contributed by atoms with Crippen molar-refractivity contribution >= 4 is 17.3 Å². The van der Waals surface area contributed by atoms with Crippen molar-refractivity contribution in [3.05, 3.63) is 59.9 Å². The lowest BCUT2D eigenvalue weighted by atomic mass is 10.1. The average Bonchev–Trinajstić information content (AvgIpc) is 3.12. The van der Waals surface area contributed by atoms with E-state index in [4.69, 9.17) is 0 Å². The summed E-state index contributed by atoms with van der Waals surface area (Å²) in [5.74, 6) is 0. The lowest BCUT2D eigenvalue weighted by Crippen LogP contribution is -2.45. The number of benzene rings is 2. The van der Waals surface area contributed by atoms with Crippen molar-refractivity contribution in [2.24, 2.45) is 0 Å². The number of aromatic nitrogens is 2. The Hall–Kier alpha value is -2.50. The van der Waals surface area contributed by atoms with E-state index in [1.165, 1.54) is 5.56 Å². The Morgan fingerprint density at radius 2 is 1.85 bits per heavy atom. The zero-order chi connectivity index (χ0) is 17.9. The summed E-state index contributed by atoms with van der Waals surface area (Å²) in [4.78, 5) is 20.6. The predicted molar refractivity (Wildman–Crippen MR) is 104 cm³/mol. The molecule has 0 aliphatic carbocycles. The monoisotopic (exact) mass is 348 g/mol. The molecule has 134 valence electrons. The lowest BCUT2D eigenvalue weighted by molar-refractivity contribution is 0.112. The highest BCUT2D eigenvalue weighted by atomic mass is 16.1. The van der Waals surface area contributed by atoms with Crippen LogP contribution in [-0.4, -0.2) is 58.4 Å². The molecule has 0 spiro atoms. The van der Waals surface area contributed by atoms with Crippen LogP contribution in [0.1, 0.15) is 22.8 Å². The van der Waals surface area contributed by atoms with Gasteiger partial charge >= 0.3 is 0 Å². The van der Waals surface area contributed by atoms with Crippen LogP contribution in [0.15, 0.2) is 48.8 Å². The molecule has 0 N–H and O–H groups in total. The minimum absolute atomic E-state index is 0.671. The molecule has 0 bridgehead atoms. The van der Waals surface area contributed by atoms with E-state index in [9.17, 15) is 4.79 Å². The highest BCUT2D eigenvalue weighted by Crippen LogP contribution is 2.21. The van der Waals surface area contributed by atoms with Crippen LogP contribution in [-0.2, 0) is 6.54 Å². The molecule has 0 atom stereocenters. The minimum Gasteiger partial charge on any atom is -0.301 e. The number of piperazine rings is 1. The number of imidazole rings is 1. The maximum Gasteiger partial charge on any atom is 0.150 e. The summed E-state index contributed by atoms with van der Waals surface area (Å²) in [7, 11) is 0. The van der Waals surface area contributed by atoms with Gasteiger partial charge in [-0.1, -0.05) is 19.1 Å². The van der Waals surface area contributed by atoms with E-state index in [0.717, 1.165) is 62.3 Å². The van der Waals surface area contributed by atoms with Crippen LogP contribution in [0.3, 0.4) is 0 Å². The van der Waals surface area contributed by atoms with E-state index in [-0.39, 0.29) is 0 Å². The van der Waals surface area contributed by atoms with Gasteiger partial charge in [0.15, 0.2) is 0 Å². The fraction of sp³-hybridized carbons (Fsp3) is 0.333. The number of carbonyl (C=O) groups is 1. The number of fused-ring (bicyclic) bond motifs is 1. The van der Waals surface area contributed by atoms with Crippen LogP contribution in [0, 0.1) is 0 Å². The molecule has 5 nitrogen and oxygen atoms in total. The normalized spacial score (nSPS) is 16.2. The van der Waals surface area contributed by atoms with Gasteiger partial charge in [-0.05, 0) is 42.4 Å². The Balaban J connectivity index is 1.57. The van der Waals surface area contributed by atoms with Crippen molar-refractivity contribution < 1.29 is 4.79 Å². The standard InChI is InChI=1S/C21H24N4O/c1-2-23-8-10-24(11-9-23)14-17-4-3-5-19(12-17)25-16-22-20-7-6-18(15-26)13-21(20)25/h3-7,12-13,15-16H,2,8-11,14H2,1H3. The lowest BCUT2D eigenvalue weighted by Gasteiger charge is -2.34. The first-order valence-electron chi connectivity index (χ1n) is 9.23. The summed E-state index contributed by atoms with van der Waals surface area (Å²) in [5, 5.41) is 0. The van der Waals surface area contributed by atoms with Gasteiger partial charge in [-0.2, -0.15) is 0 Å². The maximum atomic E-state index is 11.1. The van der Waals surface area contributed by atoms with Gasteiger partial charge in [0, 0.05) is 44.0 Å². The molecule has 1 fully saturated rings. The number of rotatable bonds is 5. The van der Waals surface area contributed by atoms with Gasteiger partial charge in [-0.3, -0.25) is 14.3 Å². The van der Waals surface area contributed by atoms with Crippen molar-refractivity contribution in [3.8, 4) is 5.69 Å². The van der Waals surface area contributed by atoms with Gasteiger partial charge in [-0.15, -0.1) is 0 Å². The molecule has 0 saturated carbocycles. The second-order valence-electron chi connectivity index (χ2n) is 6.86. The van der Waals surface area contributed by atoms with Crippen molar-refractivity contribution in [1.82, 2.24) is 19.4 Å². The van der Waals surface area contributed by atoms with Gasteiger partial charge in [0.2, 0.25) is 0 Å². The SMILES string of the molecule is CCN1CCN(Cc2cccc(-n3cnc4ccc(C=O)cc43)c2)CC1. The zero-order valence-corrected chi connectivity index (χ0v) is 15.1. The van der Waals surface area contributed by atoms with E-state index in [2.05, 4.69) is 50.5 Å². The molecule has 0 amide bonds. The van der Waals surface area contributed by atoms with E-state index in [0.29, 0.717) is 5.56 Å². The third-order valence-corrected chi connectivity index (χ3v) is 5.21. The molecule has 1 aromatic heterocycles. The Morgan fingerprint density at radius 3 is 2.62 bits per heavy atom. The summed E-state index contributed by atoms with van der Waals surface area (Å²) < 4.78 is 2.06. The minimum atomic E-state index is 0.671. The smallest absolute Gasteiger partial charge is 0.150 e. The number of likely N-dealkylation sites (N-methyl/N-ethyl adjacent to an activating group) is 1. The van der Waals surface area contributed by atoms with Crippen LogP contribution in [0.2, 0.25) is 0 Å². The zero-order valence-electron chi connectivity index (χ0n) is 15.1. The second-order valence-corrected chi connectivity index (χ2v) is 6.86. The fourth-order valence-corrected chi connectivity index (χ4v) is 3.63. The van der Waals surface area contributed by atoms with Crippen molar-refractivity contribution in [1.29, 1.82) is 0 Å². The van der Waals surface area contributed by atoms with Crippen LogP contribution in [0.25, 0.3) is 16.7 Å². The maximum absolute atomic E-state index is 11.1. The Bertz CT molecular complexity index is 909. The van der Waals surface area contributed by atoms with Crippen molar-refractivity contribution in [3.63, 3.8) is 0 Å². The molecular weight excluding hydrogens is 324 g/mol. The van der Waals surface area contributed by atoms with Crippen LogP contribution in [0.4, 0.5) is 0 Å². The first-order chi connectivity index (χ1) is 12.8. The highest BCUT2D eigenvalue weighted by molar-refractivity contribution is 5.85. The Morgan fingerprint density at radius 1 is 1.04 bits per heavy atom. The first kappa shape index (κ1) is 16.9. The molecule has 2 aromatic carbocycles. The van der Waals surface area contributed by atoms with E-state index in [1.807, 2.05) is 18.5 Å². The third kappa shape index (κ3) is 3.41. The summed E-state index contributed by atoms with van der Waals surface area (Å²) in [6.07, 6.45) is 2.71. The van der Waals surface area contributed by atoms with Crippen molar-refractivity contribution in [2.75, 3.05) is 32.7 Å². The fourth-order valence-electron chi connectivity index (χ4n) is 3.63. The molecular formula is C21H24N4O. The predicted octanol–water partition coefficient (Wildman–Crippen LogP) is 2.98. The van der Waals surface area contributed by atoms with Gasteiger partial charge in [0.25, 0.3) is 0 Å². The van der Waals surface area contributed by atoms with Gasteiger partial charge in [0.05, 0.1) is 11.0 Å². The molecule has 1 aliphatic heterocycles. The molecule has 3 aromatic rings. The largest absolute Gasteiger partial charge is 0.301 e. The molecule has 2 heterocycles. The quantitative estimate of drug-likeness (QED) is 0.665. The van der Waals surface area contributed by atoms with Gasteiger partial charge < -0.3 is 4.90 Å². The molecule has 0 radical (unpaired) electrons. The Labute approximate surface area is 153 Å². The van der Waals surface area contributed by atoms with E-state index in [1.54, 1.807) is 6.07 Å². The first-order valence-corrected chi connectivity index (χ1v) is 9.23. The summed E-state index contributed by atoms with van der Waals surface area (Å²) in [6, 6.07) is 14.2. The van der Waals surface area contributed by atoms with Gasteiger partial charge in [-0.25, -0.2) is 4.98 Å². The molecule has 5 heteroatoms. The molecule has 0 unspecified atom stereocenters. The van der Waals surface area contributed by atoms with E-state index >= 15 is 0 Å². The molecule has 4 rings (SSSR count). The summed E-state index contributed by atoms with van der Waals surface area (Å²) >= 11 is 0. The molecule has 1 saturated heterocycles. The van der Waals surface area contributed by atoms with E-state index < -0.39 is 0 Å². The number of hydrogen-bond donors (Lipinski definition) is 0. The molecule has 1 aliphatic rings. The summed E-state index contributed by atoms with van der Waals surface area (Å²) in [6.45, 7) is 8.87. The number of hydrogen-bond acceptors (Lipinski definition) is 4. The molecule has 26 heavy (non-hydrogen) atoms. The van der Waals surface area contributed by atoms with Crippen LogP contribution < -0.4 is 0 Å².